The largest absolute Gasteiger partial charge is 0.350 e. The number of amides is 2. The molecule has 1 aliphatic rings. The van der Waals surface area contributed by atoms with Crippen molar-refractivity contribution in [1.29, 1.82) is 0 Å². The van der Waals surface area contributed by atoms with E-state index in [1.807, 2.05) is 59.5 Å². The number of rotatable bonds is 5. The summed E-state index contributed by atoms with van der Waals surface area (Å²) < 4.78 is 0. The summed E-state index contributed by atoms with van der Waals surface area (Å²) in [6.07, 6.45) is 2.63. The first-order valence-corrected chi connectivity index (χ1v) is 9.00. The molecule has 0 aromatic heterocycles. The molecular formula is C21H25N3O2. The van der Waals surface area contributed by atoms with Crippen LogP contribution >= 0.6 is 0 Å². The Labute approximate surface area is 154 Å². The second kappa shape index (κ2) is 7.70. The molecule has 5 heteroatoms. The number of hydrogen-bond donors (Lipinski definition) is 2. The van der Waals surface area contributed by atoms with Crippen molar-refractivity contribution < 1.29 is 9.59 Å². The molecule has 5 nitrogen and oxygen atoms in total. The summed E-state index contributed by atoms with van der Waals surface area (Å²) in [7, 11) is 0. The SMILES string of the molecule is CC(N)(C(=O)NCc1ccc(N2CCCCC2=O)cc1)c1ccccc1. The van der Waals surface area contributed by atoms with Crippen molar-refractivity contribution in [3.8, 4) is 0 Å². The van der Waals surface area contributed by atoms with E-state index in [1.165, 1.54) is 0 Å². The number of benzene rings is 2. The highest BCUT2D eigenvalue weighted by Gasteiger charge is 2.30. The fourth-order valence-corrected chi connectivity index (χ4v) is 3.15. The molecule has 26 heavy (non-hydrogen) atoms. The van der Waals surface area contributed by atoms with Crippen molar-refractivity contribution in [1.82, 2.24) is 5.32 Å². The molecule has 0 spiro atoms. The molecule has 1 unspecified atom stereocenters. The molecule has 1 aliphatic heterocycles. The predicted octanol–water partition coefficient (Wildman–Crippen LogP) is 2.69. The van der Waals surface area contributed by atoms with Crippen molar-refractivity contribution in [2.75, 3.05) is 11.4 Å². The van der Waals surface area contributed by atoms with Gasteiger partial charge in [-0.2, -0.15) is 0 Å². The fourth-order valence-electron chi connectivity index (χ4n) is 3.15. The molecule has 0 bridgehead atoms. The normalized spacial score (nSPS) is 16.8. The van der Waals surface area contributed by atoms with E-state index in [-0.39, 0.29) is 11.8 Å². The van der Waals surface area contributed by atoms with Crippen LogP contribution in [0.5, 0.6) is 0 Å². The summed E-state index contributed by atoms with van der Waals surface area (Å²) in [5.41, 5.74) is 7.80. The summed E-state index contributed by atoms with van der Waals surface area (Å²) in [4.78, 5) is 26.3. The van der Waals surface area contributed by atoms with Crippen LogP contribution in [-0.4, -0.2) is 18.4 Å². The molecule has 136 valence electrons. The predicted molar refractivity (Wildman–Crippen MR) is 102 cm³/mol. The Morgan fingerprint density at radius 1 is 1.12 bits per heavy atom. The van der Waals surface area contributed by atoms with E-state index in [4.69, 9.17) is 5.73 Å². The van der Waals surface area contributed by atoms with Gasteiger partial charge < -0.3 is 16.0 Å². The van der Waals surface area contributed by atoms with Gasteiger partial charge in [0.05, 0.1) is 0 Å². The molecule has 1 fully saturated rings. The van der Waals surface area contributed by atoms with Crippen LogP contribution in [0.25, 0.3) is 0 Å². The first-order chi connectivity index (χ1) is 12.5. The zero-order valence-corrected chi connectivity index (χ0v) is 15.1. The zero-order valence-electron chi connectivity index (χ0n) is 15.1. The number of carbonyl (C=O) groups is 2. The van der Waals surface area contributed by atoms with E-state index in [9.17, 15) is 9.59 Å². The van der Waals surface area contributed by atoms with Gasteiger partial charge in [-0.05, 0) is 43.0 Å². The number of carbonyl (C=O) groups excluding carboxylic acids is 2. The number of piperidine rings is 1. The van der Waals surface area contributed by atoms with Crippen molar-refractivity contribution in [3.05, 3.63) is 65.7 Å². The third-order valence-corrected chi connectivity index (χ3v) is 4.87. The Balaban J connectivity index is 1.61. The zero-order chi connectivity index (χ0) is 18.6. The van der Waals surface area contributed by atoms with Gasteiger partial charge in [-0.15, -0.1) is 0 Å². The highest BCUT2D eigenvalue weighted by atomic mass is 16.2. The van der Waals surface area contributed by atoms with Crippen LogP contribution in [0.15, 0.2) is 54.6 Å². The molecule has 3 rings (SSSR count). The molecular weight excluding hydrogens is 326 g/mol. The molecule has 1 atom stereocenters. The van der Waals surface area contributed by atoms with Crippen molar-refractivity contribution in [2.24, 2.45) is 5.73 Å². The molecule has 2 amide bonds. The number of nitrogens with two attached hydrogens (primary N) is 1. The van der Waals surface area contributed by atoms with Crippen molar-refractivity contribution >= 4 is 17.5 Å². The maximum absolute atomic E-state index is 12.5. The Kier molecular flexibility index (Phi) is 5.38. The highest BCUT2D eigenvalue weighted by Crippen LogP contribution is 2.22. The first-order valence-electron chi connectivity index (χ1n) is 9.00. The molecule has 0 saturated carbocycles. The lowest BCUT2D eigenvalue weighted by Crippen LogP contribution is -2.48. The van der Waals surface area contributed by atoms with Gasteiger partial charge in [-0.25, -0.2) is 0 Å². The summed E-state index contributed by atoms with van der Waals surface area (Å²) in [5, 5.41) is 2.90. The van der Waals surface area contributed by atoms with E-state index in [1.54, 1.807) is 6.92 Å². The second-order valence-corrected chi connectivity index (χ2v) is 6.92. The highest BCUT2D eigenvalue weighted by molar-refractivity contribution is 5.94. The number of anilines is 1. The van der Waals surface area contributed by atoms with Gasteiger partial charge in [0, 0.05) is 25.2 Å². The smallest absolute Gasteiger partial charge is 0.244 e. The maximum Gasteiger partial charge on any atom is 0.244 e. The van der Waals surface area contributed by atoms with E-state index < -0.39 is 5.54 Å². The average molecular weight is 351 g/mol. The quantitative estimate of drug-likeness (QED) is 0.870. The summed E-state index contributed by atoms with van der Waals surface area (Å²) >= 11 is 0. The fraction of sp³-hybridized carbons (Fsp3) is 0.333. The van der Waals surface area contributed by atoms with Crippen LogP contribution in [0, 0.1) is 0 Å². The molecule has 1 saturated heterocycles. The Hall–Kier alpha value is -2.66. The lowest BCUT2D eigenvalue weighted by Gasteiger charge is -2.27. The van der Waals surface area contributed by atoms with Crippen LogP contribution in [0.1, 0.15) is 37.3 Å². The Morgan fingerprint density at radius 2 is 1.81 bits per heavy atom. The van der Waals surface area contributed by atoms with Gasteiger partial charge in [-0.1, -0.05) is 42.5 Å². The van der Waals surface area contributed by atoms with E-state index in [0.29, 0.717) is 13.0 Å². The summed E-state index contributed by atoms with van der Waals surface area (Å²) in [6.45, 7) is 2.88. The van der Waals surface area contributed by atoms with Gasteiger partial charge in [0.2, 0.25) is 11.8 Å². The second-order valence-electron chi connectivity index (χ2n) is 6.92. The van der Waals surface area contributed by atoms with Crippen molar-refractivity contribution in [3.63, 3.8) is 0 Å². The minimum absolute atomic E-state index is 0.180. The van der Waals surface area contributed by atoms with E-state index in [2.05, 4.69) is 5.32 Å². The maximum atomic E-state index is 12.5. The Bertz CT molecular complexity index is 770. The van der Waals surface area contributed by atoms with Crippen LogP contribution in [0.4, 0.5) is 5.69 Å². The first kappa shape index (κ1) is 18.1. The standard InChI is InChI=1S/C21H25N3O2/c1-21(22,17-7-3-2-4-8-17)20(26)23-15-16-10-12-18(13-11-16)24-14-6-5-9-19(24)25/h2-4,7-8,10-13H,5-6,9,14-15,22H2,1H3,(H,23,26). The number of hydrogen-bond acceptors (Lipinski definition) is 3. The van der Waals surface area contributed by atoms with Gasteiger partial charge in [-0.3, -0.25) is 9.59 Å². The average Bonchev–Trinajstić information content (AvgIpc) is 2.67. The van der Waals surface area contributed by atoms with Gasteiger partial charge in [0.15, 0.2) is 0 Å². The molecule has 2 aromatic carbocycles. The van der Waals surface area contributed by atoms with Gasteiger partial charge >= 0.3 is 0 Å². The number of nitrogens with one attached hydrogen (secondary N) is 1. The molecule has 2 aromatic rings. The van der Waals surface area contributed by atoms with E-state index in [0.717, 1.165) is 36.2 Å². The van der Waals surface area contributed by atoms with Crippen LogP contribution in [0.3, 0.4) is 0 Å². The van der Waals surface area contributed by atoms with Gasteiger partial charge in [0.25, 0.3) is 0 Å². The summed E-state index contributed by atoms with van der Waals surface area (Å²) in [5.74, 6) is -0.0435. The topological polar surface area (TPSA) is 75.4 Å². The van der Waals surface area contributed by atoms with E-state index >= 15 is 0 Å². The van der Waals surface area contributed by atoms with Crippen LogP contribution in [0.2, 0.25) is 0 Å². The van der Waals surface area contributed by atoms with Crippen molar-refractivity contribution in [2.45, 2.75) is 38.3 Å². The van der Waals surface area contributed by atoms with Gasteiger partial charge in [0.1, 0.15) is 5.54 Å². The number of nitrogens with zero attached hydrogens (tertiary/aromatic N) is 1. The van der Waals surface area contributed by atoms with Crippen LogP contribution in [-0.2, 0) is 21.7 Å². The monoisotopic (exact) mass is 351 g/mol. The lowest BCUT2D eigenvalue weighted by molar-refractivity contribution is -0.126. The summed E-state index contributed by atoms with van der Waals surface area (Å²) in [6, 6.07) is 17.1. The molecule has 0 aliphatic carbocycles. The lowest BCUT2D eigenvalue weighted by atomic mass is 9.92. The molecule has 1 heterocycles. The molecule has 0 radical (unpaired) electrons. The third kappa shape index (κ3) is 3.94. The third-order valence-electron chi connectivity index (χ3n) is 4.87. The molecule has 3 N–H and O–H groups in total. The minimum atomic E-state index is -1.08. The Morgan fingerprint density at radius 3 is 2.46 bits per heavy atom. The van der Waals surface area contributed by atoms with Crippen LogP contribution < -0.4 is 16.0 Å². The minimum Gasteiger partial charge on any atom is -0.350 e.